The van der Waals surface area contributed by atoms with Crippen molar-refractivity contribution < 1.29 is 14.2 Å². The zero-order valence-electron chi connectivity index (χ0n) is 9.11. The van der Waals surface area contributed by atoms with Crippen molar-refractivity contribution in [2.45, 2.75) is 52.3 Å². The summed E-state index contributed by atoms with van der Waals surface area (Å²) in [4.78, 5) is 0. The van der Waals surface area contributed by atoms with Gasteiger partial charge in [0.05, 0.1) is 12.2 Å². The monoisotopic (exact) mass is 188 g/mol. The first-order valence-corrected chi connectivity index (χ1v) is 4.90. The molecule has 1 aliphatic rings. The maximum atomic E-state index is 5.74. The molecule has 1 fully saturated rings. The van der Waals surface area contributed by atoms with Gasteiger partial charge in [-0.1, -0.05) is 13.8 Å². The average Bonchev–Trinajstić information content (AvgIpc) is 2.76. The lowest BCUT2D eigenvalue weighted by Gasteiger charge is -2.25. The lowest BCUT2D eigenvalue weighted by molar-refractivity contribution is -0.101. The van der Waals surface area contributed by atoms with Crippen LogP contribution in [0.15, 0.2) is 0 Å². The van der Waals surface area contributed by atoms with E-state index < -0.39 is 0 Å². The molecule has 3 heteroatoms. The fourth-order valence-electron chi connectivity index (χ4n) is 1.41. The van der Waals surface area contributed by atoms with E-state index >= 15 is 0 Å². The maximum Gasteiger partial charge on any atom is 0.184 e. The summed E-state index contributed by atoms with van der Waals surface area (Å²) in [5.41, 5.74) is 0. The van der Waals surface area contributed by atoms with E-state index in [1.807, 2.05) is 13.8 Å². The predicted molar refractivity (Wildman–Crippen MR) is 50.5 cm³/mol. The summed E-state index contributed by atoms with van der Waals surface area (Å²) < 4.78 is 16.2. The van der Waals surface area contributed by atoms with Gasteiger partial charge in [0.1, 0.15) is 6.10 Å². The summed E-state index contributed by atoms with van der Waals surface area (Å²) >= 11 is 0. The highest BCUT2D eigenvalue weighted by Crippen LogP contribution is 2.27. The third kappa shape index (κ3) is 2.93. The standard InChI is InChI=1S/C10H20O3/c1-6(2)9(7(3)11-5)13-10-8(4)12-10/h6-10H,1-5H3. The van der Waals surface area contributed by atoms with Crippen LogP contribution in [0.1, 0.15) is 27.7 Å². The molecule has 0 bridgehead atoms. The molecule has 3 nitrogen and oxygen atoms in total. The lowest BCUT2D eigenvalue weighted by Crippen LogP contribution is -2.34. The van der Waals surface area contributed by atoms with Crippen LogP contribution < -0.4 is 0 Å². The molecule has 0 amide bonds. The second kappa shape index (κ2) is 4.40. The smallest absolute Gasteiger partial charge is 0.184 e. The minimum absolute atomic E-state index is 0.00926. The molecule has 0 saturated carbocycles. The van der Waals surface area contributed by atoms with Gasteiger partial charge in [0.15, 0.2) is 6.29 Å². The number of epoxide rings is 1. The van der Waals surface area contributed by atoms with Gasteiger partial charge in [-0.05, 0) is 19.8 Å². The van der Waals surface area contributed by atoms with Gasteiger partial charge in [-0.25, -0.2) is 0 Å². The molecule has 0 N–H and O–H groups in total. The fraction of sp³-hybridized carbons (Fsp3) is 1.00. The topological polar surface area (TPSA) is 31.0 Å². The van der Waals surface area contributed by atoms with Gasteiger partial charge >= 0.3 is 0 Å². The van der Waals surface area contributed by atoms with Gasteiger partial charge in [0.2, 0.25) is 0 Å². The van der Waals surface area contributed by atoms with E-state index in [9.17, 15) is 0 Å². The van der Waals surface area contributed by atoms with E-state index in [0.717, 1.165) is 0 Å². The Morgan fingerprint density at radius 1 is 1.23 bits per heavy atom. The molecule has 0 aromatic rings. The number of methoxy groups -OCH3 is 1. The van der Waals surface area contributed by atoms with Crippen molar-refractivity contribution in [3.63, 3.8) is 0 Å². The molecule has 1 saturated heterocycles. The highest BCUT2D eigenvalue weighted by Gasteiger charge is 2.39. The summed E-state index contributed by atoms with van der Waals surface area (Å²) in [6.45, 7) is 8.30. The Bertz CT molecular complexity index is 158. The number of hydrogen-bond acceptors (Lipinski definition) is 3. The van der Waals surface area contributed by atoms with E-state index in [-0.39, 0.29) is 24.6 Å². The molecule has 0 spiro atoms. The highest BCUT2D eigenvalue weighted by atomic mass is 16.8. The number of hydrogen-bond donors (Lipinski definition) is 0. The Labute approximate surface area is 80.4 Å². The molecule has 0 aliphatic carbocycles. The van der Waals surface area contributed by atoms with E-state index in [4.69, 9.17) is 14.2 Å². The molecule has 78 valence electrons. The largest absolute Gasteiger partial charge is 0.379 e. The quantitative estimate of drug-likeness (QED) is 0.616. The summed E-state index contributed by atoms with van der Waals surface area (Å²) in [6, 6.07) is 0. The molecule has 4 atom stereocenters. The lowest BCUT2D eigenvalue weighted by atomic mass is 10.0. The molecule has 13 heavy (non-hydrogen) atoms. The van der Waals surface area contributed by atoms with Crippen molar-refractivity contribution in [1.82, 2.24) is 0 Å². The fourth-order valence-corrected chi connectivity index (χ4v) is 1.41. The van der Waals surface area contributed by atoms with Crippen molar-refractivity contribution in [2.24, 2.45) is 5.92 Å². The number of rotatable bonds is 5. The molecule has 0 aromatic heterocycles. The van der Waals surface area contributed by atoms with Crippen LogP contribution in [0.2, 0.25) is 0 Å². The normalized spacial score (nSPS) is 31.8. The molecular formula is C10H20O3. The van der Waals surface area contributed by atoms with Gasteiger partial charge in [-0.15, -0.1) is 0 Å². The third-order valence-corrected chi connectivity index (χ3v) is 2.44. The van der Waals surface area contributed by atoms with Gasteiger partial charge in [-0.3, -0.25) is 0 Å². The Balaban J connectivity index is 2.38. The first-order chi connectivity index (χ1) is 6.06. The third-order valence-electron chi connectivity index (χ3n) is 2.44. The molecule has 0 aromatic carbocycles. The van der Waals surface area contributed by atoms with Crippen molar-refractivity contribution in [3.05, 3.63) is 0 Å². The second-order valence-electron chi connectivity index (χ2n) is 4.00. The average molecular weight is 188 g/mol. The summed E-state index contributed by atoms with van der Waals surface area (Å²) in [7, 11) is 1.71. The minimum Gasteiger partial charge on any atom is -0.379 e. The zero-order valence-corrected chi connectivity index (χ0v) is 9.11. The maximum absolute atomic E-state index is 5.74. The van der Waals surface area contributed by atoms with Crippen molar-refractivity contribution in [2.75, 3.05) is 7.11 Å². The van der Waals surface area contributed by atoms with Crippen LogP contribution in [-0.4, -0.2) is 31.7 Å². The summed E-state index contributed by atoms with van der Waals surface area (Å²) in [5, 5.41) is 0. The minimum atomic E-state index is -0.00926. The van der Waals surface area contributed by atoms with Gasteiger partial charge < -0.3 is 14.2 Å². The van der Waals surface area contributed by atoms with Gasteiger partial charge in [0, 0.05) is 7.11 Å². The molecular weight excluding hydrogens is 168 g/mol. The van der Waals surface area contributed by atoms with E-state index in [2.05, 4.69) is 13.8 Å². The van der Waals surface area contributed by atoms with Gasteiger partial charge in [-0.2, -0.15) is 0 Å². The van der Waals surface area contributed by atoms with Crippen molar-refractivity contribution in [1.29, 1.82) is 0 Å². The van der Waals surface area contributed by atoms with Crippen LogP contribution in [0.4, 0.5) is 0 Å². The van der Waals surface area contributed by atoms with Crippen molar-refractivity contribution in [3.8, 4) is 0 Å². The van der Waals surface area contributed by atoms with Crippen LogP contribution in [0.5, 0.6) is 0 Å². The van der Waals surface area contributed by atoms with Crippen LogP contribution in [0, 0.1) is 5.92 Å². The van der Waals surface area contributed by atoms with Crippen LogP contribution in [0.3, 0.4) is 0 Å². The second-order valence-corrected chi connectivity index (χ2v) is 4.00. The van der Waals surface area contributed by atoms with Crippen LogP contribution in [0.25, 0.3) is 0 Å². The highest BCUT2D eigenvalue weighted by molar-refractivity contribution is 4.77. The van der Waals surface area contributed by atoms with E-state index in [0.29, 0.717) is 5.92 Å². The Hall–Kier alpha value is -0.120. The van der Waals surface area contributed by atoms with E-state index in [1.54, 1.807) is 7.11 Å². The Morgan fingerprint density at radius 2 is 1.77 bits per heavy atom. The molecule has 0 radical (unpaired) electrons. The Morgan fingerprint density at radius 3 is 2.08 bits per heavy atom. The van der Waals surface area contributed by atoms with Gasteiger partial charge in [0.25, 0.3) is 0 Å². The molecule has 4 unspecified atom stereocenters. The predicted octanol–water partition coefficient (Wildman–Crippen LogP) is 1.81. The van der Waals surface area contributed by atoms with Crippen LogP contribution >= 0.6 is 0 Å². The van der Waals surface area contributed by atoms with Crippen LogP contribution in [-0.2, 0) is 14.2 Å². The number of ether oxygens (including phenoxy) is 3. The first-order valence-electron chi connectivity index (χ1n) is 4.90. The van der Waals surface area contributed by atoms with E-state index in [1.165, 1.54) is 0 Å². The molecule has 1 aliphatic heterocycles. The summed E-state index contributed by atoms with van der Waals surface area (Å²) in [5.74, 6) is 0.450. The molecule has 1 rings (SSSR count). The SMILES string of the molecule is COC(C)C(OC1OC1C)C(C)C. The zero-order chi connectivity index (χ0) is 10.0. The first kappa shape index (κ1) is 11.0. The van der Waals surface area contributed by atoms with Crippen molar-refractivity contribution >= 4 is 0 Å². The Kier molecular flexibility index (Phi) is 3.71. The summed E-state index contributed by atoms with van der Waals surface area (Å²) in [6.07, 6.45) is 0.492. The molecule has 1 heterocycles.